The number of hydrogen-bond donors (Lipinski definition) is 0. The summed E-state index contributed by atoms with van der Waals surface area (Å²) < 4.78 is 0. The molecule has 0 N–H and O–H groups in total. The van der Waals surface area contributed by atoms with Crippen molar-refractivity contribution < 1.29 is 0 Å². The molecule has 0 amide bonds. The first-order chi connectivity index (χ1) is 7.84. The van der Waals surface area contributed by atoms with Crippen molar-refractivity contribution in [2.45, 2.75) is 25.7 Å². The van der Waals surface area contributed by atoms with Gasteiger partial charge in [-0.1, -0.05) is 30.3 Å². The molecule has 1 heterocycles. The van der Waals surface area contributed by atoms with Gasteiger partial charge in [0.15, 0.2) is 5.82 Å². The molecule has 1 aromatic heterocycles. The van der Waals surface area contributed by atoms with Crippen molar-refractivity contribution in [2.75, 3.05) is 0 Å². The fraction of sp³-hybridized carbons (Fsp3) is 0.308. The number of aromatic nitrogens is 3. The molecule has 1 aliphatic carbocycles. The maximum absolute atomic E-state index is 4.63. The molecule has 1 aliphatic rings. The van der Waals surface area contributed by atoms with E-state index < -0.39 is 0 Å². The highest BCUT2D eigenvalue weighted by Gasteiger charge is 2.27. The second-order valence-electron chi connectivity index (χ2n) is 4.24. The molecular weight excluding hydrogens is 198 g/mol. The van der Waals surface area contributed by atoms with Gasteiger partial charge in [-0.15, -0.1) is 5.10 Å². The Kier molecular flexibility index (Phi) is 2.17. The summed E-state index contributed by atoms with van der Waals surface area (Å²) in [6, 6.07) is 10.2. The summed E-state index contributed by atoms with van der Waals surface area (Å²) in [7, 11) is 0. The Morgan fingerprint density at radius 3 is 2.50 bits per heavy atom. The van der Waals surface area contributed by atoms with Crippen LogP contribution in [0.2, 0.25) is 0 Å². The Bertz CT molecular complexity index is 504. The van der Waals surface area contributed by atoms with Crippen LogP contribution in [0.4, 0.5) is 0 Å². The topological polar surface area (TPSA) is 38.7 Å². The van der Waals surface area contributed by atoms with Crippen molar-refractivity contribution in [1.29, 1.82) is 0 Å². The highest BCUT2D eigenvalue weighted by Crippen LogP contribution is 2.38. The standard InChI is InChI=1S/C13H13N3/c1-9-12(10-5-3-2-4-6-10)14-13(16-15-9)11-7-8-11/h2-6,11H,7-8H2,1H3. The third kappa shape index (κ3) is 1.69. The van der Waals surface area contributed by atoms with Gasteiger partial charge < -0.3 is 0 Å². The van der Waals surface area contributed by atoms with Crippen LogP contribution in [-0.2, 0) is 0 Å². The molecule has 16 heavy (non-hydrogen) atoms. The minimum atomic E-state index is 0.551. The highest BCUT2D eigenvalue weighted by atomic mass is 15.2. The second-order valence-corrected chi connectivity index (χ2v) is 4.24. The minimum Gasteiger partial charge on any atom is -0.229 e. The van der Waals surface area contributed by atoms with Crippen LogP contribution in [0.15, 0.2) is 30.3 Å². The van der Waals surface area contributed by atoms with Crippen LogP contribution in [0.25, 0.3) is 11.3 Å². The van der Waals surface area contributed by atoms with Gasteiger partial charge in [-0.25, -0.2) is 4.98 Å². The van der Waals surface area contributed by atoms with Gasteiger partial charge in [-0.05, 0) is 19.8 Å². The summed E-state index contributed by atoms with van der Waals surface area (Å²) in [4.78, 5) is 4.63. The number of hydrogen-bond acceptors (Lipinski definition) is 3. The summed E-state index contributed by atoms with van der Waals surface area (Å²) in [6.45, 7) is 1.96. The molecule has 0 atom stereocenters. The highest BCUT2D eigenvalue weighted by molar-refractivity contribution is 5.60. The fourth-order valence-electron chi connectivity index (χ4n) is 1.78. The average Bonchev–Trinajstić information content (AvgIpc) is 3.15. The van der Waals surface area contributed by atoms with E-state index in [2.05, 4.69) is 27.3 Å². The molecule has 2 aromatic rings. The van der Waals surface area contributed by atoms with Crippen LogP contribution in [0, 0.1) is 6.92 Å². The lowest BCUT2D eigenvalue weighted by Gasteiger charge is -2.05. The van der Waals surface area contributed by atoms with Gasteiger partial charge in [0.1, 0.15) is 0 Å². The predicted octanol–water partition coefficient (Wildman–Crippen LogP) is 2.72. The second kappa shape index (κ2) is 3.67. The molecule has 0 saturated heterocycles. The molecule has 1 saturated carbocycles. The lowest BCUT2D eigenvalue weighted by Crippen LogP contribution is -2.01. The van der Waals surface area contributed by atoms with Gasteiger partial charge in [0.05, 0.1) is 11.4 Å². The molecule has 0 unspecified atom stereocenters. The first-order valence-corrected chi connectivity index (χ1v) is 5.61. The van der Waals surface area contributed by atoms with E-state index in [1.54, 1.807) is 0 Å². The molecule has 1 fully saturated rings. The molecule has 3 nitrogen and oxygen atoms in total. The molecule has 80 valence electrons. The summed E-state index contributed by atoms with van der Waals surface area (Å²) in [5.41, 5.74) is 2.99. The normalized spacial score (nSPS) is 15.1. The van der Waals surface area contributed by atoms with Gasteiger partial charge in [0, 0.05) is 11.5 Å². The van der Waals surface area contributed by atoms with Gasteiger partial charge in [0.2, 0.25) is 0 Å². The molecular formula is C13H13N3. The van der Waals surface area contributed by atoms with Crippen LogP contribution >= 0.6 is 0 Å². The van der Waals surface area contributed by atoms with Gasteiger partial charge in [-0.3, -0.25) is 0 Å². The van der Waals surface area contributed by atoms with Crippen LogP contribution in [0.1, 0.15) is 30.3 Å². The van der Waals surface area contributed by atoms with Gasteiger partial charge >= 0.3 is 0 Å². The monoisotopic (exact) mass is 211 g/mol. The Morgan fingerprint density at radius 1 is 1.06 bits per heavy atom. The molecule has 3 rings (SSSR count). The zero-order valence-electron chi connectivity index (χ0n) is 9.22. The number of rotatable bonds is 2. The Morgan fingerprint density at radius 2 is 1.81 bits per heavy atom. The van der Waals surface area contributed by atoms with Crippen molar-refractivity contribution >= 4 is 0 Å². The van der Waals surface area contributed by atoms with Crippen molar-refractivity contribution in [3.05, 3.63) is 41.9 Å². The van der Waals surface area contributed by atoms with Crippen LogP contribution in [0.3, 0.4) is 0 Å². The SMILES string of the molecule is Cc1nnc(C2CC2)nc1-c1ccccc1. The van der Waals surface area contributed by atoms with E-state index in [4.69, 9.17) is 0 Å². The lowest BCUT2D eigenvalue weighted by atomic mass is 10.1. The fourth-order valence-corrected chi connectivity index (χ4v) is 1.78. The van der Waals surface area contributed by atoms with E-state index in [1.165, 1.54) is 12.8 Å². The van der Waals surface area contributed by atoms with Crippen LogP contribution in [0.5, 0.6) is 0 Å². The zero-order chi connectivity index (χ0) is 11.0. The predicted molar refractivity (Wildman–Crippen MR) is 62.0 cm³/mol. The first-order valence-electron chi connectivity index (χ1n) is 5.61. The average molecular weight is 211 g/mol. The van der Waals surface area contributed by atoms with Crippen molar-refractivity contribution in [1.82, 2.24) is 15.2 Å². The van der Waals surface area contributed by atoms with Gasteiger partial charge in [-0.2, -0.15) is 5.10 Å². The number of nitrogens with zero attached hydrogens (tertiary/aromatic N) is 3. The molecule has 0 bridgehead atoms. The maximum atomic E-state index is 4.63. The number of benzene rings is 1. The molecule has 0 radical (unpaired) electrons. The van der Waals surface area contributed by atoms with Crippen molar-refractivity contribution in [3.8, 4) is 11.3 Å². The van der Waals surface area contributed by atoms with E-state index in [1.807, 2.05) is 25.1 Å². The smallest absolute Gasteiger partial charge is 0.154 e. The Labute approximate surface area is 94.6 Å². The number of aryl methyl sites for hydroxylation is 1. The van der Waals surface area contributed by atoms with Crippen molar-refractivity contribution in [3.63, 3.8) is 0 Å². The van der Waals surface area contributed by atoms with E-state index in [0.29, 0.717) is 5.92 Å². The summed E-state index contributed by atoms with van der Waals surface area (Å²) in [5, 5.41) is 8.37. The molecule has 1 aromatic carbocycles. The quantitative estimate of drug-likeness (QED) is 0.766. The van der Waals surface area contributed by atoms with Gasteiger partial charge in [0.25, 0.3) is 0 Å². The minimum absolute atomic E-state index is 0.551. The third-order valence-electron chi connectivity index (χ3n) is 2.86. The van der Waals surface area contributed by atoms with Crippen LogP contribution < -0.4 is 0 Å². The van der Waals surface area contributed by atoms with E-state index in [9.17, 15) is 0 Å². The summed E-state index contributed by atoms with van der Waals surface area (Å²) >= 11 is 0. The lowest BCUT2D eigenvalue weighted by molar-refractivity contribution is 0.822. The summed E-state index contributed by atoms with van der Waals surface area (Å²) in [5.74, 6) is 1.46. The Hall–Kier alpha value is -1.77. The molecule has 0 aliphatic heterocycles. The van der Waals surface area contributed by atoms with E-state index in [-0.39, 0.29) is 0 Å². The van der Waals surface area contributed by atoms with E-state index in [0.717, 1.165) is 22.8 Å². The van der Waals surface area contributed by atoms with E-state index >= 15 is 0 Å². The van der Waals surface area contributed by atoms with Crippen LogP contribution in [-0.4, -0.2) is 15.2 Å². The molecule has 3 heteroatoms. The first kappa shape index (κ1) is 9.46. The Balaban J connectivity index is 2.08. The summed E-state index contributed by atoms with van der Waals surface area (Å²) in [6.07, 6.45) is 2.41. The molecule has 0 spiro atoms. The van der Waals surface area contributed by atoms with Crippen molar-refractivity contribution in [2.24, 2.45) is 0 Å². The zero-order valence-corrected chi connectivity index (χ0v) is 9.22. The maximum Gasteiger partial charge on any atom is 0.154 e. The largest absolute Gasteiger partial charge is 0.229 e. The third-order valence-corrected chi connectivity index (χ3v) is 2.86.